The van der Waals surface area contributed by atoms with Gasteiger partial charge in [-0.2, -0.15) is 0 Å². The summed E-state index contributed by atoms with van der Waals surface area (Å²) in [5.74, 6) is 0. The topological polar surface area (TPSA) is 52.6 Å². The molecule has 0 saturated heterocycles. The second-order valence-corrected chi connectivity index (χ2v) is 3.11. The zero-order valence-electron chi connectivity index (χ0n) is 9.05. The molecule has 0 atom stereocenters. The van der Waals surface area contributed by atoms with Crippen molar-refractivity contribution in [2.45, 2.75) is 39.5 Å². The van der Waals surface area contributed by atoms with Crippen molar-refractivity contribution in [3.63, 3.8) is 0 Å². The molecule has 0 fully saturated rings. The number of carbonyl (C=O) groups is 1. The number of nitrogens with zero attached hydrogens (tertiary/aromatic N) is 1. The van der Waals surface area contributed by atoms with Gasteiger partial charge in [0.25, 0.3) is 0 Å². The van der Waals surface area contributed by atoms with E-state index in [1.807, 2.05) is 0 Å². The summed E-state index contributed by atoms with van der Waals surface area (Å²) < 4.78 is 0. The van der Waals surface area contributed by atoms with Crippen LogP contribution in [0.15, 0.2) is 0 Å². The molecule has 0 bridgehead atoms. The number of hydrazine groups is 1. The van der Waals surface area contributed by atoms with Crippen LogP contribution in [0.3, 0.4) is 0 Å². The Bertz CT molecular complexity index is 137. The van der Waals surface area contributed by atoms with Crippen LogP contribution < -0.4 is 5.43 Å². The van der Waals surface area contributed by atoms with Gasteiger partial charge in [-0.05, 0) is 12.8 Å². The standard InChI is InChI=1S/C9H20N2O2.Nd/c1-3-5-7-11(8-6-4-2)10-9(12)13;/h10H,3-8H2,1-2H3,(H,12,13);. The fraction of sp³-hybridized carbons (Fsp3) is 0.889. The Morgan fingerprint density at radius 2 is 1.64 bits per heavy atom. The van der Waals surface area contributed by atoms with Crippen LogP contribution in [-0.4, -0.2) is 29.3 Å². The van der Waals surface area contributed by atoms with Gasteiger partial charge in [-0.25, -0.2) is 9.80 Å². The minimum absolute atomic E-state index is 0. The van der Waals surface area contributed by atoms with Crippen molar-refractivity contribution in [2.24, 2.45) is 0 Å². The fourth-order valence-electron chi connectivity index (χ4n) is 1.06. The van der Waals surface area contributed by atoms with Crippen LogP contribution in [0.1, 0.15) is 39.5 Å². The van der Waals surface area contributed by atoms with Crippen molar-refractivity contribution in [3.8, 4) is 0 Å². The average molecular weight is 333 g/mol. The molecule has 0 spiro atoms. The summed E-state index contributed by atoms with van der Waals surface area (Å²) in [6, 6.07) is 0. The van der Waals surface area contributed by atoms with Gasteiger partial charge in [0.15, 0.2) is 0 Å². The molecule has 0 aromatic heterocycles. The van der Waals surface area contributed by atoms with Crippen LogP contribution >= 0.6 is 0 Å². The van der Waals surface area contributed by atoms with Gasteiger partial charge in [0, 0.05) is 53.9 Å². The van der Waals surface area contributed by atoms with E-state index in [1.165, 1.54) is 0 Å². The second-order valence-electron chi connectivity index (χ2n) is 3.11. The number of rotatable bonds is 7. The third-order valence-corrected chi connectivity index (χ3v) is 1.82. The molecule has 0 aromatic rings. The molecule has 0 radical (unpaired) electrons. The van der Waals surface area contributed by atoms with Gasteiger partial charge in [-0.1, -0.05) is 26.7 Å². The molecule has 0 aromatic carbocycles. The number of carboxylic acid groups (broad SMARTS) is 1. The number of hydrogen-bond donors (Lipinski definition) is 2. The SMILES string of the molecule is CCCCN(CCCC)NC(=O)O.[Nd]. The van der Waals surface area contributed by atoms with E-state index in [1.54, 1.807) is 5.01 Å². The second kappa shape index (κ2) is 11.7. The number of hydrogen-bond acceptors (Lipinski definition) is 2. The van der Waals surface area contributed by atoms with E-state index in [0.29, 0.717) is 0 Å². The van der Waals surface area contributed by atoms with Crippen molar-refractivity contribution in [2.75, 3.05) is 13.1 Å². The smallest absolute Gasteiger partial charge is 0.419 e. The summed E-state index contributed by atoms with van der Waals surface area (Å²) >= 11 is 0. The minimum Gasteiger partial charge on any atom is -0.464 e. The van der Waals surface area contributed by atoms with Crippen LogP contribution in [0.25, 0.3) is 0 Å². The van der Waals surface area contributed by atoms with Crippen molar-refractivity contribution in [1.82, 2.24) is 10.4 Å². The molecule has 0 aliphatic heterocycles. The van der Waals surface area contributed by atoms with Crippen LogP contribution in [-0.2, 0) is 0 Å². The van der Waals surface area contributed by atoms with Gasteiger partial charge in [0.1, 0.15) is 0 Å². The zero-order valence-corrected chi connectivity index (χ0v) is 12.3. The van der Waals surface area contributed by atoms with Gasteiger partial charge in [0.2, 0.25) is 0 Å². The maximum atomic E-state index is 10.4. The molecule has 0 aliphatic carbocycles. The Hall–Kier alpha value is 0.581. The van der Waals surface area contributed by atoms with E-state index in [9.17, 15) is 4.79 Å². The summed E-state index contributed by atoms with van der Waals surface area (Å²) in [6.45, 7) is 5.81. The predicted molar refractivity (Wildman–Crippen MR) is 52.5 cm³/mol. The van der Waals surface area contributed by atoms with E-state index in [-0.39, 0.29) is 40.8 Å². The molecule has 0 saturated carbocycles. The number of unbranched alkanes of at least 4 members (excludes halogenated alkanes) is 2. The molecule has 14 heavy (non-hydrogen) atoms. The van der Waals surface area contributed by atoms with Crippen LogP contribution in [0.4, 0.5) is 4.79 Å². The zero-order chi connectivity index (χ0) is 10.1. The third-order valence-electron chi connectivity index (χ3n) is 1.82. The molecule has 1 amide bonds. The summed E-state index contributed by atoms with van der Waals surface area (Å²) in [6.07, 6.45) is 3.27. The minimum atomic E-state index is -0.966. The van der Waals surface area contributed by atoms with E-state index in [2.05, 4.69) is 19.3 Å². The Morgan fingerprint density at radius 1 is 1.21 bits per heavy atom. The van der Waals surface area contributed by atoms with Crippen molar-refractivity contribution in [1.29, 1.82) is 0 Å². The van der Waals surface area contributed by atoms with Crippen LogP contribution in [0.5, 0.6) is 0 Å². The van der Waals surface area contributed by atoms with Crippen molar-refractivity contribution >= 4 is 6.09 Å². The first-order chi connectivity index (χ1) is 6.20. The van der Waals surface area contributed by atoms with Gasteiger partial charge in [0.05, 0.1) is 0 Å². The van der Waals surface area contributed by atoms with Crippen LogP contribution in [0, 0.1) is 40.8 Å². The molecule has 0 aliphatic rings. The summed E-state index contributed by atoms with van der Waals surface area (Å²) in [5.41, 5.74) is 2.40. The van der Waals surface area contributed by atoms with Gasteiger partial charge in [-0.15, -0.1) is 0 Å². The molecule has 0 rings (SSSR count). The first-order valence-electron chi connectivity index (χ1n) is 4.95. The fourth-order valence-corrected chi connectivity index (χ4v) is 1.06. The van der Waals surface area contributed by atoms with E-state index in [0.717, 1.165) is 38.8 Å². The third kappa shape index (κ3) is 10.7. The monoisotopic (exact) mass is 330 g/mol. The first-order valence-corrected chi connectivity index (χ1v) is 4.95. The molecule has 5 heteroatoms. The Morgan fingerprint density at radius 3 is 1.93 bits per heavy atom. The van der Waals surface area contributed by atoms with Gasteiger partial charge >= 0.3 is 6.09 Å². The van der Waals surface area contributed by atoms with Crippen molar-refractivity contribution < 1.29 is 50.7 Å². The van der Waals surface area contributed by atoms with Crippen molar-refractivity contribution in [3.05, 3.63) is 0 Å². The normalized spacial score (nSPS) is 9.64. The average Bonchev–Trinajstić information content (AvgIpc) is 2.09. The Balaban J connectivity index is 0. The van der Waals surface area contributed by atoms with Crippen LogP contribution in [0.2, 0.25) is 0 Å². The molecule has 2 N–H and O–H groups in total. The first kappa shape index (κ1) is 17.0. The molecule has 82 valence electrons. The maximum absolute atomic E-state index is 10.4. The number of amides is 1. The molecule has 0 heterocycles. The quantitative estimate of drug-likeness (QED) is 0.702. The Kier molecular flexibility index (Phi) is 14.1. The van der Waals surface area contributed by atoms with Gasteiger partial charge in [-0.3, -0.25) is 5.43 Å². The largest absolute Gasteiger partial charge is 0.464 e. The molecular weight excluding hydrogens is 312 g/mol. The molecular formula is C9H20N2NdO2. The molecule has 0 unspecified atom stereocenters. The molecule has 4 nitrogen and oxygen atoms in total. The number of nitrogens with one attached hydrogen (secondary N) is 1. The van der Waals surface area contributed by atoms with E-state index >= 15 is 0 Å². The Labute approximate surface area is 119 Å². The summed E-state index contributed by atoms with van der Waals surface area (Å²) in [4.78, 5) is 10.4. The van der Waals surface area contributed by atoms with E-state index in [4.69, 9.17) is 5.11 Å². The summed E-state index contributed by atoms with van der Waals surface area (Å²) in [7, 11) is 0. The summed E-state index contributed by atoms with van der Waals surface area (Å²) in [5, 5.41) is 10.3. The van der Waals surface area contributed by atoms with E-state index < -0.39 is 6.09 Å². The predicted octanol–water partition coefficient (Wildman–Crippen LogP) is 2.07. The van der Waals surface area contributed by atoms with Gasteiger partial charge < -0.3 is 5.11 Å². The maximum Gasteiger partial charge on any atom is 0.419 e.